The molecule has 0 radical (unpaired) electrons. The van der Waals surface area contributed by atoms with Crippen LogP contribution in [0.15, 0.2) is 36.9 Å². The van der Waals surface area contributed by atoms with Crippen LogP contribution in [-0.2, 0) is 16.0 Å². The minimum Gasteiger partial charge on any atom is -0.368 e. The highest BCUT2D eigenvalue weighted by Crippen LogP contribution is 2.20. The van der Waals surface area contributed by atoms with E-state index in [1.807, 2.05) is 38.1 Å². The van der Waals surface area contributed by atoms with Gasteiger partial charge in [0.25, 0.3) is 0 Å². The van der Waals surface area contributed by atoms with Gasteiger partial charge in [-0.15, -0.1) is 6.58 Å². The van der Waals surface area contributed by atoms with Gasteiger partial charge in [0.2, 0.25) is 5.91 Å². The first kappa shape index (κ1) is 17.7. The molecule has 0 spiro atoms. The summed E-state index contributed by atoms with van der Waals surface area (Å²) in [5.41, 5.74) is 0.627. The standard InChI is InChI=1S/C17H24ClNO2/c1-5-6-11-21-13(2)16(20)19-17(3,4)12-14-9-7-8-10-15(14)18/h5,7-10,13H,1,6,11-12H2,2-4H3,(H,19,20). The van der Waals surface area contributed by atoms with Crippen LogP contribution >= 0.6 is 11.6 Å². The molecule has 0 bridgehead atoms. The summed E-state index contributed by atoms with van der Waals surface area (Å²) in [6.45, 7) is 9.83. The van der Waals surface area contributed by atoms with E-state index < -0.39 is 11.6 Å². The van der Waals surface area contributed by atoms with Crippen molar-refractivity contribution in [1.82, 2.24) is 5.32 Å². The molecule has 1 aromatic rings. The summed E-state index contributed by atoms with van der Waals surface area (Å²) in [7, 11) is 0. The zero-order valence-corrected chi connectivity index (χ0v) is 13.7. The molecule has 4 heteroatoms. The average molecular weight is 310 g/mol. The Kier molecular flexibility index (Phi) is 6.93. The Bertz CT molecular complexity index is 485. The minimum absolute atomic E-state index is 0.115. The van der Waals surface area contributed by atoms with Crippen LogP contribution < -0.4 is 5.32 Å². The molecule has 0 aliphatic carbocycles. The van der Waals surface area contributed by atoms with Crippen molar-refractivity contribution in [2.24, 2.45) is 0 Å². The lowest BCUT2D eigenvalue weighted by Gasteiger charge is -2.28. The first-order valence-corrected chi connectivity index (χ1v) is 7.51. The number of carbonyl (C=O) groups is 1. The van der Waals surface area contributed by atoms with Crippen molar-refractivity contribution in [2.45, 2.75) is 45.3 Å². The molecule has 0 fully saturated rings. The molecule has 21 heavy (non-hydrogen) atoms. The molecule has 0 aliphatic rings. The number of amides is 1. The van der Waals surface area contributed by atoms with Crippen molar-refractivity contribution in [3.05, 3.63) is 47.5 Å². The number of benzene rings is 1. The van der Waals surface area contributed by atoms with E-state index in [0.717, 1.165) is 17.0 Å². The third-order valence-electron chi connectivity index (χ3n) is 3.11. The van der Waals surface area contributed by atoms with E-state index in [-0.39, 0.29) is 5.91 Å². The second-order valence-corrected chi connectivity index (χ2v) is 6.14. The van der Waals surface area contributed by atoms with Gasteiger partial charge in [-0.3, -0.25) is 4.79 Å². The number of carbonyl (C=O) groups excluding carboxylic acids is 1. The maximum Gasteiger partial charge on any atom is 0.249 e. The lowest BCUT2D eigenvalue weighted by molar-refractivity contribution is -0.133. The summed E-state index contributed by atoms with van der Waals surface area (Å²) in [5, 5.41) is 3.73. The van der Waals surface area contributed by atoms with Gasteiger partial charge in [0, 0.05) is 10.6 Å². The zero-order valence-electron chi connectivity index (χ0n) is 13.0. The van der Waals surface area contributed by atoms with Gasteiger partial charge in [0.1, 0.15) is 6.10 Å². The summed E-state index contributed by atoms with van der Waals surface area (Å²) in [6, 6.07) is 7.67. The Morgan fingerprint density at radius 1 is 1.48 bits per heavy atom. The second kappa shape index (κ2) is 8.20. The first-order chi connectivity index (χ1) is 9.85. The van der Waals surface area contributed by atoms with E-state index in [0.29, 0.717) is 13.0 Å². The molecule has 0 heterocycles. The predicted molar refractivity (Wildman–Crippen MR) is 87.6 cm³/mol. The van der Waals surface area contributed by atoms with Gasteiger partial charge in [0.05, 0.1) is 6.61 Å². The molecule has 1 N–H and O–H groups in total. The van der Waals surface area contributed by atoms with E-state index in [9.17, 15) is 4.79 Å². The molecule has 0 saturated carbocycles. The maximum absolute atomic E-state index is 12.1. The van der Waals surface area contributed by atoms with Crippen LogP contribution in [0.5, 0.6) is 0 Å². The van der Waals surface area contributed by atoms with Gasteiger partial charge in [-0.2, -0.15) is 0 Å². The minimum atomic E-state index is -0.476. The first-order valence-electron chi connectivity index (χ1n) is 7.13. The molecular weight excluding hydrogens is 286 g/mol. The molecule has 0 saturated heterocycles. The molecule has 1 unspecified atom stereocenters. The van der Waals surface area contributed by atoms with Gasteiger partial charge >= 0.3 is 0 Å². The number of halogens is 1. The Labute approximate surface area is 132 Å². The van der Waals surface area contributed by atoms with Crippen LogP contribution in [0.1, 0.15) is 32.8 Å². The fourth-order valence-electron chi connectivity index (χ4n) is 2.00. The van der Waals surface area contributed by atoms with Crippen molar-refractivity contribution in [3.63, 3.8) is 0 Å². The number of hydrogen-bond donors (Lipinski definition) is 1. The molecular formula is C17H24ClNO2. The quantitative estimate of drug-likeness (QED) is 0.586. The molecule has 1 atom stereocenters. The highest BCUT2D eigenvalue weighted by Gasteiger charge is 2.24. The normalized spacial score (nSPS) is 12.8. The zero-order chi connectivity index (χ0) is 15.9. The van der Waals surface area contributed by atoms with Gasteiger partial charge in [-0.25, -0.2) is 0 Å². The summed E-state index contributed by atoms with van der Waals surface area (Å²) >= 11 is 6.17. The number of rotatable bonds is 8. The lowest BCUT2D eigenvalue weighted by atomic mass is 9.94. The fraction of sp³-hybridized carbons (Fsp3) is 0.471. The van der Waals surface area contributed by atoms with Crippen LogP contribution in [0.2, 0.25) is 5.02 Å². The molecule has 1 amide bonds. The van der Waals surface area contributed by atoms with Crippen LogP contribution in [0, 0.1) is 0 Å². The summed E-state index contributed by atoms with van der Waals surface area (Å²) in [5.74, 6) is -0.115. The predicted octanol–water partition coefficient (Wildman–Crippen LogP) is 3.76. The Morgan fingerprint density at radius 2 is 2.14 bits per heavy atom. The summed E-state index contributed by atoms with van der Waals surface area (Å²) < 4.78 is 5.45. The highest BCUT2D eigenvalue weighted by molar-refractivity contribution is 6.31. The monoisotopic (exact) mass is 309 g/mol. The molecule has 0 aromatic heterocycles. The number of ether oxygens (including phenoxy) is 1. The Hall–Kier alpha value is -1.32. The van der Waals surface area contributed by atoms with E-state index in [4.69, 9.17) is 16.3 Å². The smallest absolute Gasteiger partial charge is 0.249 e. The van der Waals surface area contributed by atoms with E-state index in [1.165, 1.54) is 0 Å². The van der Waals surface area contributed by atoms with Crippen molar-refractivity contribution in [3.8, 4) is 0 Å². The SMILES string of the molecule is C=CCCOC(C)C(=O)NC(C)(C)Cc1ccccc1Cl. The molecule has 0 aliphatic heterocycles. The topological polar surface area (TPSA) is 38.3 Å². The van der Waals surface area contributed by atoms with Crippen LogP contribution in [0.3, 0.4) is 0 Å². The maximum atomic E-state index is 12.1. The average Bonchev–Trinajstić information content (AvgIpc) is 2.40. The second-order valence-electron chi connectivity index (χ2n) is 5.73. The third-order valence-corrected chi connectivity index (χ3v) is 3.48. The lowest BCUT2D eigenvalue weighted by Crippen LogP contribution is -2.49. The van der Waals surface area contributed by atoms with Crippen molar-refractivity contribution in [1.29, 1.82) is 0 Å². The number of hydrogen-bond acceptors (Lipinski definition) is 2. The van der Waals surface area contributed by atoms with Crippen molar-refractivity contribution in [2.75, 3.05) is 6.61 Å². The summed E-state index contributed by atoms with van der Waals surface area (Å²) in [4.78, 5) is 12.1. The third kappa shape index (κ3) is 6.32. The fourth-order valence-corrected chi connectivity index (χ4v) is 2.20. The van der Waals surface area contributed by atoms with E-state index >= 15 is 0 Å². The van der Waals surface area contributed by atoms with E-state index in [2.05, 4.69) is 11.9 Å². The Balaban J connectivity index is 2.57. The molecule has 116 valence electrons. The largest absolute Gasteiger partial charge is 0.368 e. The number of nitrogens with one attached hydrogen (secondary N) is 1. The van der Waals surface area contributed by atoms with Crippen LogP contribution in [-0.4, -0.2) is 24.2 Å². The van der Waals surface area contributed by atoms with Gasteiger partial charge in [-0.1, -0.05) is 35.9 Å². The highest BCUT2D eigenvalue weighted by atomic mass is 35.5. The van der Waals surface area contributed by atoms with Crippen LogP contribution in [0.4, 0.5) is 0 Å². The summed E-state index contributed by atoms with van der Waals surface area (Å²) in [6.07, 6.45) is 2.69. The van der Waals surface area contributed by atoms with Gasteiger partial charge in [0.15, 0.2) is 0 Å². The van der Waals surface area contributed by atoms with E-state index in [1.54, 1.807) is 13.0 Å². The van der Waals surface area contributed by atoms with Gasteiger partial charge in [-0.05, 0) is 45.2 Å². The molecule has 3 nitrogen and oxygen atoms in total. The molecule has 1 aromatic carbocycles. The van der Waals surface area contributed by atoms with Crippen molar-refractivity contribution < 1.29 is 9.53 Å². The Morgan fingerprint density at radius 3 is 2.76 bits per heavy atom. The van der Waals surface area contributed by atoms with Crippen LogP contribution in [0.25, 0.3) is 0 Å². The molecule has 1 rings (SSSR count). The van der Waals surface area contributed by atoms with Crippen molar-refractivity contribution >= 4 is 17.5 Å². The van der Waals surface area contributed by atoms with Gasteiger partial charge < -0.3 is 10.1 Å².